The summed E-state index contributed by atoms with van der Waals surface area (Å²) < 4.78 is 5.49. The lowest BCUT2D eigenvalue weighted by molar-refractivity contribution is -0.143. The summed E-state index contributed by atoms with van der Waals surface area (Å²) >= 11 is 0. The highest BCUT2D eigenvalue weighted by molar-refractivity contribution is 5.76. The Kier molecular flexibility index (Phi) is 67.4. The first-order valence-electron chi connectivity index (χ1n) is 35.9. The summed E-state index contributed by atoms with van der Waals surface area (Å²) in [5, 5.41) is 23.4. The van der Waals surface area contributed by atoms with Crippen LogP contribution in [0.5, 0.6) is 0 Å². The van der Waals surface area contributed by atoms with E-state index in [1.54, 1.807) is 0 Å². The molecule has 0 aromatic heterocycles. The van der Waals surface area contributed by atoms with Crippen LogP contribution in [0, 0.1) is 0 Å². The Morgan fingerprint density at radius 2 is 0.625 bits per heavy atom. The van der Waals surface area contributed by atoms with Crippen molar-refractivity contribution in [3.63, 3.8) is 0 Å². The maximum atomic E-state index is 12.5. The van der Waals surface area contributed by atoms with Gasteiger partial charge >= 0.3 is 5.97 Å². The van der Waals surface area contributed by atoms with Crippen molar-refractivity contribution in [2.24, 2.45) is 0 Å². The normalized spacial score (nSPS) is 12.8. The quantitative estimate of drug-likeness (QED) is 0.0320. The first-order valence-corrected chi connectivity index (χ1v) is 35.9. The lowest BCUT2D eigenvalue weighted by Crippen LogP contribution is -2.45. The Labute approximate surface area is 499 Å². The fourth-order valence-corrected chi connectivity index (χ4v) is 11.1. The zero-order valence-corrected chi connectivity index (χ0v) is 53.8. The van der Waals surface area contributed by atoms with Crippen molar-refractivity contribution in [3.8, 4) is 0 Å². The largest absolute Gasteiger partial charge is 0.466 e. The molecule has 6 nitrogen and oxygen atoms in total. The van der Waals surface area contributed by atoms with Crippen molar-refractivity contribution >= 4 is 11.9 Å². The summed E-state index contributed by atoms with van der Waals surface area (Å²) in [7, 11) is 0. The van der Waals surface area contributed by atoms with Gasteiger partial charge in [-0.25, -0.2) is 0 Å². The average molecular weight is 1120 g/mol. The average Bonchev–Trinajstić information content (AvgIpc) is 3.46. The minimum Gasteiger partial charge on any atom is -0.466 e. The fraction of sp³-hybridized carbons (Fsp3) is 0.865. The molecule has 0 saturated heterocycles. The van der Waals surface area contributed by atoms with Gasteiger partial charge in [-0.3, -0.25) is 9.59 Å². The van der Waals surface area contributed by atoms with Gasteiger partial charge in [-0.2, -0.15) is 0 Å². The predicted octanol–water partition coefficient (Wildman–Crippen LogP) is 23.3. The lowest BCUT2D eigenvalue weighted by atomic mass is 10.0. The first kappa shape index (κ1) is 77.8. The van der Waals surface area contributed by atoms with Gasteiger partial charge in [0.2, 0.25) is 5.91 Å². The van der Waals surface area contributed by atoms with Crippen molar-refractivity contribution in [1.82, 2.24) is 5.32 Å². The van der Waals surface area contributed by atoms with Crippen LogP contribution in [0.25, 0.3) is 0 Å². The number of aliphatic hydroxyl groups excluding tert-OH is 2. The summed E-state index contributed by atoms with van der Waals surface area (Å²) in [5.41, 5.74) is 0. The third-order valence-corrected chi connectivity index (χ3v) is 16.6. The van der Waals surface area contributed by atoms with Crippen molar-refractivity contribution < 1.29 is 24.5 Å². The molecular formula is C74H139NO5. The molecular weight excluding hydrogens is 983 g/mol. The number of hydrogen-bond donors (Lipinski definition) is 3. The molecule has 0 rings (SSSR count). The minimum atomic E-state index is -0.666. The molecule has 0 radical (unpaired) electrons. The first-order chi connectivity index (χ1) is 39.5. The molecule has 0 heterocycles. The van der Waals surface area contributed by atoms with Gasteiger partial charge in [0, 0.05) is 12.8 Å². The SMILES string of the molecule is CCCCC/C=C\C/C=C\CCCCCCCCCC(=O)OCCCCCCCCCCC/C=C\C/C=C\CCCCCCCCCCCCCCCC(=O)NC(CO)C(O)CCCCCCCCCCCCCCCCCCC. The number of rotatable bonds is 67. The summed E-state index contributed by atoms with van der Waals surface area (Å²) in [6, 6.07) is -0.543. The third-order valence-electron chi connectivity index (χ3n) is 16.6. The molecule has 0 spiro atoms. The molecule has 2 atom stereocenters. The molecule has 0 bridgehead atoms. The van der Waals surface area contributed by atoms with Crippen LogP contribution in [0.3, 0.4) is 0 Å². The number of carbonyl (C=O) groups excluding carboxylic acids is 2. The van der Waals surface area contributed by atoms with Crippen molar-refractivity contribution in [3.05, 3.63) is 48.6 Å². The molecule has 2 unspecified atom stereocenters. The lowest BCUT2D eigenvalue weighted by Gasteiger charge is -2.22. The zero-order chi connectivity index (χ0) is 57.8. The highest BCUT2D eigenvalue weighted by Gasteiger charge is 2.20. The van der Waals surface area contributed by atoms with Gasteiger partial charge < -0.3 is 20.3 Å². The monoisotopic (exact) mass is 1120 g/mol. The molecule has 0 aliphatic carbocycles. The molecule has 0 aliphatic heterocycles. The van der Waals surface area contributed by atoms with Gasteiger partial charge in [0.15, 0.2) is 0 Å². The second-order valence-corrected chi connectivity index (χ2v) is 24.6. The Bertz CT molecular complexity index is 1340. The van der Waals surface area contributed by atoms with E-state index in [1.807, 2.05) is 0 Å². The summed E-state index contributed by atoms with van der Waals surface area (Å²) in [6.45, 7) is 4.95. The number of amides is 1. The van der Waals surface area contributed by atoms with Crippen LogP contribution >= 0.6 is 0 Å². The number of carbonyl (C=O) groups is 2. The zero-order valence-electron chi connectivity index (χ0n) is 53.8. The Hall–Kier alpha value is -2.18. The fourth-order valence-electron chi connectivity index (χ4n) is 11.1. The number of nitrogens with one attached hydrogen (secondary N) is 1. The highest BCUT2D eigenvalue weighted by atomic mass is 16.5. The smallest absolute Gasteiger partial charge is 0.305 e. The predicted molar refractivity (Wildman–Crippen MR) is 352 cm³/mol. The van der Waals surface area contributed by atoms with E-state index in [1.165, 1.54) is 295 Å². The third kappa shape index (κ3) is 65.0. The summed E-state index contributed by atoms with van der Waals surface area (Å²) in [4.78, 5) is 24.6. The number of aliphatic hydroxyl groups is 2. The Balaban J connectivity index is 3.40. The maximum Gasteiger partial charge on any atom is 0.305 e. The number of unbranched alkanes of at least 4 members (excludes halogenated alkanes) is 48. The molecule has 0 aromatic rings. The number of hydrogen-bond acceptors (Lipinski definition) is 5. The minimum absolute atomic E-state index is 0.00446. The standard InChI is InChI=1S/C74H139NO5/c1-3-5-7-9-11-13-15-17-19-34-38-42-46-50-54-58-62-66-72(77)71(70-76)75-73(78)67-63-59-55-51-47-43-39-36-32-30-28-26-24-22-21-23-25-27-29-31-33-37-41-45-49-53-57-61-65-69-80-74(79)68-64-60-56-52-48-44-40-35-20-18-16-14-12-10-8-6-4-2/h12,14,18,20-21,23,27,29,71-72,76-77H,3-11,13,15-17,19,22,24-26,28,30-70H2,1-2H3,(H,75,78)/b14-12-,20-18-,23-21-,29-27-. The molecule has 80 heavy (non-hydrogen) atoms. The van der Waals surface area contributed by atoms with E-state index in [0.29, 0.717) is 25.9 Å². The van der Waals surface area contributed by atoms with Crippen LogP contribution in [-0.2, 0) is 14.3 Å². The van der Waals surface area contributed by atoms with E-state index in [2.05, 4.69) is 67.8 Å². The second kappa shape index (κ2) is 69.3. The van der Waals surface area contributed by atoms with E-state index >= 15 is 0 Å². The topological polar surface area (TPSA) is 95.9 Å². The maximum absolute atomic E-state index is 12.5. The molecule has 470 valence electrons. The van der Waals surface area contributed by atoms with Crippen LogP contribution in [0.15, 0.2) is 48.6 Å². The molecule has 3 N–H and O–H groups in total. The van der Waals surface area contributed by atoms with E-state index in [9.17, 15) is 19.8 Å². The molecule has 0 saturated carbocycles. The van der Waals surface area contributed by atoms with Crippen LogP contribution in [0.4, 0.5) is 0 Å². The van der Waals surface area contributed by atoms with E-state index < -0.39 is 12.1 Å². The highest BCUT2D eigenvalue weighted by Crippen LogP contribution is 2.18. The van der Waals surface area contributed by atoms with Crippen molar-refractivity contribution in [2.75, 3.05) is 13.2 Å². The molecule has 1 amide bonds. The molecule has 0 fully saturated rings. The van der Waals surface area contributed by atoms with Crippen molar-refractivity contribution in [2.45, 2.75) is 398 Å². The van der Waals surface area contributed by atoms with Gasteiger partial charge in [-0.05, 0) is 89.9 Å². The number of esters is 1. The summed E-state index contributed by atoms with van der Waals surface area (Å²) in [5.74, 6) is -0.0288. The molecule has 6 heteroatoms. The van der Waals surface area contributed by atoms with Crippen LogP contribution < -0.4 is 5.32 Å². The Morgan fingerprint density at radius 3 is 0.975 bits per heavy atom. The van der Waals surface area contributed by atoms with Gasteiger partial charge in [-0.1, -0.05) is 332 Å². The van der Waals surface area contributed by atoms with Crippen LogP contribution in [0.2, 0.25) is 0 Å². The second-order valence-electron chi connectivity index (χ2n) is 24.6. The van der Waals surface area contributed by atoms with Gasteiger partial charge in [0.25, 0.3) is 0 Å². The van der Waals surface area contributed by atoms with Crippen LogP contribution in [-0.4, -0.2) is 47.4 Å². The van der Waals surface area contributed by atoms with Gasteiger partial charge in [0.05, 0.1) is 25.4 Å². The van der Waals surface area contributed by atoms with E-state index in [-0.39, 0.29) is 18.5 Å². The van der Waals surface area contributed by atoms with Gasteiger partial charge in [0.1, 0.15) is 0 Å². The van der Waals surface area contributed by atoms with E-state index in [0.717, 1.165) is 57.8 Å². The number of allylic oxidation sites excluding steroid dienone is 8. The van der Waals surface area contributed by atoms with E-state index in [4.69, 9.17) is 4.74 Å². The summed E-state index contributed by atoms with van der Waals surface area (Å²) in [6.07, 6.45) is 90.1. The molecule has 0 aliphatic rings. The molecule has 0 aromatic carbocycles. The van der Waals surface area contributed by atoms with Crippen LogP contribution in [0.1, 0.15) is 386 Å². The van der Waals surface area contributed by atoms with Crippen molar-refractivity contribution in [1.29, 1.82) is 0 Å². The Morgan fingerprint density at radius 1 is 0.350 bits per heavy atom. The van der Waals surface area contributed by atoms with Gasteiger partial charge in [-0.15, -0.1) is 0 Å². The number of ether oxygens (including phenoxy) is 1.